The average Bonchev–Trinajstić information content (AvgIpc) is 3.11. The van der Waals surface area contributed by atoms with E-state index in [1.807, 2.05) is 30.3 Å². The molecule has 0 radical (unpaired) electrons. The Morgan fingerprint density at radius 3 is 2.67 bits per heavy atom. The Bertz CT molecular complexity index is 864. The molecule has 6 nitrogen and oxygen atoms in total. The van der Waals surface area contributed by atoms with E-state index < -0.39 is 24.5 Å². The van der Waals surface area contributed by atoms with Gasteiger partial charge in [0.05, 0.1) is 6.61 Å². The number of benzene rings is 2. The first-order valence-corrected chi connectivity index (χ1v) is 8.16. The maximum absolute atomic E-state index is 12.3. The number of hydrogen-bond donors (Lipinski definition) is 3. The van der Waals surface area contributed by atoms with E-state index in [-0.39, 0.29) is 0 Å². The summed E-state index contributed by atoms with van der Waals surface area (Å²) in [5.41, 5.74) is 0.425. The zero-order chi connectivity index (χ0) is 16.9. The number of anilines is 1. The van der Waals surface area contributed by atoms with Crippen molar-refractivity contribution in [1.82, 2.24) is 10.3 Å². The molecule has 2 aromatic carbocycles. The first-order chi connectivity index (χ1) is 11.7. The van der Waals surface area contributed by atoms with Gasteiger partial charge in [-0.05, 0) is 22.9 Å². The number of rotatable bonds is 5. The van der Waals surface area contributed by atoms with Crippen LogP contribution in [0.25, 0.3) is 10.8 Å². The van der Waals surface area contributed by atoms with E-state index in [1.165, 1.54) is 11.3 Å². The molecule has 1 unspecified atom stereocenters. The summed E-state index contributed by atoms with van der Waals surface area (Å²) < 4.78 is 0. The number of nitrogens with one attached hydrogen (secondary N) is 2. The molecular formula is C17H15N3O3S. The lowest BCUT2D eigenvalue weighted by Gasteiger charge is -2.15. The van der Waals surface area contributed by atoms with E-state index in [9.17, 15) is 14.7 Å². The Balaban J connectivity index is 1.72. The zero-order valence-electron chi connectivity index (χ0n) is 12.6. The molecule has 0 aliphatic heterocycles. The van der Waals surface area contributed by atoms with Crippen molar-refractivity contribution in [3.8, 4) is 0 Å². The van der Waals surface area contributed by atoms with Crippen LogP contribution >= 0.6 is 11.3 Å². The maximum atomic E-state index is 12.3. The summed E-state index contributed by atoms with van der Waals surface area (Å²) in [5.74, 6) is -0.935. The number of aliphatic hydroxyl groups excluding tert-OH is 1. The Morgan fingerprint density at radius 1 is 1.17 bits per heavy atom. The molecule has 3 N–H and O–H groups in total. The fourth-order valence-corrected chi connectivity index (χ4v) is 2.78. The first kappa shape index (κ1) is 16.1. The number of carbonyl (C=O) groups is 2. The second-order valence-corrected chi connectivity index (χ2v) is 5.99. The van der Waals surface area contributed by atoms with Crippen molar-refractivity contribution in [2.45, 2.75) is 6.04 Å². The van der Waals surface area contributed by atoms with E-state index in [4.69, 9.17) is 0 Å². The van der Waals surface area contributed by atoms with Crippen molar-refractivity contribution < 1.29 is 14.7 Å². The van der Waals surface area contributed by atoms with Crippen LogP contribution in [0.2, 0.25) is 0 Å². The molecule has 0 fully saturated rings. The molecule has 0 bridgehead atoms. The summed E-state index contributed by atoms with van der Waals surface area (Å²) in [6.45, 7) is -0.503. The van der Waals surface area contributed by atoms with Crippen molar-refractivity contribution >= 4 is 39.1 Å². The molecule has 2 amide bonds. The topological polar surface area (TPSA) is 91.3 Å². The molecule has 24 heavy (non-hydrogen) atoms. The smallest absolute Gasteiger partial charge is 0.252 e. The largest absolute Gasteiger partial charge is 0.394 e. The van der Waals surface area contributed by atoms with Gasteiger partial charge in [0.25, 0.3) is 11.8 Å². The van der Waals surface area contributed by atoms with Gasteiger partial charge < -0.3 is 15.7 Å². The highest BCUT2D eigenvalue weighted by Gasteiger charge is 2.21. The van der Waals surface area contributed by atoms with E-state index >= 15 is 0 Å². The number of aromatic nitrogens is 1. The van der Waals surface area contributed by atoms with Gasteiger partial charge in [-0.2, -0.15) is 0 Å². The third-order valence-corrected chi connectivity index (χ3v) is 4.17. The van der Waals surface area contributed by atoms with Gasteiger partial charge in [0.1, 0.15) is 6.04 Å². The molecule has 3 rings (SSSR count). The number of nitrogens with zero attached hydrogens (tertiary/aromatic N) is 1. The minimum atomic E-state index is -1.05. The number of hydrogen-bond acceptors (Lipinski definition) is 5. The zero-order valence-corrected chi connectivity index (χ0v) is 13.4. The van der Waals surface area contributed by atoms with Crippen molar-refractivity contribution in [1.29, 1.82) is 0 Å². The fourth-order valence-electron chi connectivity index (χ4n) is 2.24. The number of carbonyl (C=O) groups excluding carboxylic acids is 2. The van der Waals surface area contributed by atoms with Crippen molar-refractivity contribution in [3.63, 3.8) is 0 Å². The van der Waals surface area contributed by atoms with Gasteiger partial charge in [-0.25, -0.2) is 4.98 Å². The maximum Gasteiger partial charge on any atom is 0.252 e. The Hall–Kier alpha value is -2.77. The quantitative estimate of drug-likeness (QED) is 0.662. The lowest BCUT2D eigenvalue weighted by atomic mass is 10.1. The minimum absolute atomic E-state index is 0.415. The predicted octanol–water partition coefficient (Wildman–Crippen LogP) is 2.03. The molecular weight excluding hydrogens is 326 g/mol. The summed E-state index contributed by atoms with van der Waals surface area (Å²) in [6, 6.07) is 11.9. The lowest BCUT2D eigenvalue weighted by Crippen LogP contribution is -2.46. The molecule has 0 saturated carbocycles. The molecule has 1 aromatic heterocycles. The van der Waals surface area contributed by atoms with Gasteiger partial charge in [0.2, 0.25) is 0 Å². The average molecular weight is 341 g/mol. The normalized spacial score (nSPS) is 11.9. The van der Waals surface area contributed by atoms with Crippen molar-refractivity contribution in [2.75, 3.05) is 11.9 Å². The number of fused-ring (bicyclic) bond motifs is 1. The van der Waals surface area contributed by atoms with Crippen LogP contribution in [0.15, 0.2) is 54.0 Å². The van der Waals surface area contributed by atoms with Gasteiger partial charge in [0, 0.05) is 17.1 Å². The highest BCUT2D eigenvalue weighted by atomic mass is 32.1. The molecule has 0 saturated heterocycles. The molecule has 3 aromatic rings. The van der Waals surface area contributed by atoms with Crippen molar-refractivity contribution in [3.05, 3.63) is 59.6 Å². The van der Waals surface area contributed by atoms with Crippen LogP contribution in [0.1, 0.15) is 10.4 Å². The summed E-state index contributed by atoms with van der Waals surface area (Å²) in [6.07, 6.45) is 1.56. The van der Waals surface area contributed by atoms with Gasteiger partial charge in [-0.15, -0.1) is 11.3 Å². The van der Waals surface area contributed by atoms with Crippen LogP contribution in [-0.2, 0) is 4.79 Å². The van der Waals surface area contributed by atoms with E-state index in [0.717, 1.165) is 10.8 Å². The molecule has 7 heteroatoms. The molecule has 0 aliphatic carbocycles. The Labute approximate surface area is 142 Å². The van der Waals surface area contributed by atoms with Crippen LogP contribution in [0.3, 0.4) is 0 Å². The molecule has 122 valence electrons. The third kappa shape index (κ3) is 3.58. The van der Waals surface area contributed by atoms with Crippen LogP contribution in [0.4, 0.5) is 5.13 Å². The SMILES string of the molecule is O=C(NC(CO)C(=O)Nc1nccs1)c1ccc2ccccc2c1. The molecule has 0 aliphatic rings. The summed E-state index contributed by atoms with van der Waals surface area (Å²) >= 11 is 1.26. The monoisotopic (exact) mass is 341 g/mol. The predicted molar refractivity (Wildman–Crippen MR) is 93.0 cm³/mol. The van der Waals surface area contributed by atoms with Crippen molar-refractivity contribution in [2.24, 2.45) is 0 Å². The minimum Gasteiger partial charge on any atom is -0.394 e. The van der Waals surface area contributed by atoms with Crippen LogP contribution in [0.5, 0.6) is 0 Å². The van der Waals surface area contributed by atoms with Crippen LogP contribution in [0, 0.1) is 0 Å². The fraction of sp³-hybridized carbons (Fsp3) is 0.118. The van der Waals surface area contributed by atoms with Gasteiger partial charge >= 0.3 is 0 Å². The highest BCUT2D eigenvalue weighted by Crippen LogP contribution is 2.16. The van der Waals surface area contributed by atoms with Crippen LogP contribution in [-0.4, -0.2) is 34.6 Å². The second kappa shape index (κ2) is 7.20. The van der Waals surface area contributed by atoms with Gasteiger partial charge in [-0.3, -0.25) is 9.59 Å². The Kier molecular flexibility index (Phi) is 4.83. The summed E-state index contributed by atoms with van der Waals surface area (Å²) in [4.78, 5) is 28.4. The number of amides is 2. The molecule has 1 heterocycles. The van der Waals surface area contributed by atoms with E-state index in [2.05, 4.69) is 15.6 Å². The molecule has 1 atom stereocenters. The van der Waals surface area contributed by atoms with Gasteiger partial charge in [-0.1, -0.05) is 30.3 Å². The Morgan fingerprint density at radius 2 is 1.96 bits per heavy atom. The molecule has 0 spiro atoms. The third-order valence-electron chi connectivity index (χ3n) is 3.48. The first-order valence-electron chi connectivity index (χ1n) is 7.28. The standard InChI is InChI=1S/C17H15N3O3S/c21-10-14(16(23)20-17-18-7-8-24-17)19-15(22)13-6-5-11-3-1-2-4-12(11)9-13/h1-9,14,21H,10H2,(H,19,22)(H,18,20,23). The number of aliphatic hydroxyl groups is 1. The second-order valence-electron chi connectivity index (χ2n) is 5.10. The number of thiazole rings is 1. The van der Waals surface area contributed by atoms with Gasteiger partial charge in [0.15, 0.2) is 5.13 Å². The van der Waals surface area contributed by atoms with E-state index in [0.29, 0.717) is 10.7 Å². The highest BCUT2D eigenvalue weighted by molar-refractivity contribution is 7.13. The van der Waals surface area contributed by atoms with Crippen LogP contribution < -0.4 is 10.6 Å². The van der Waals surface area contributed by atoms with E-state index in [1.54, 1.807) is 23.7 Å². The summed E-state index contributed by atoms with van der Waals surface area (Å²) in [5, 5.41) is 18.6. The lowest BCUT2D eigenvalue weighted by molar-refractivity contribution is -0.118. The summed E-state index contributed by atoms with van der Waals surface area (Å²) in [7, 11) is 0.